The number of carboxylic acids is 4. The van der Waals surface area contributed by atoms with Gasteiger partial charge in [0.1, 0.15) is 10.7 Å². The zero-order valence-corrected chi connectivity index (χ0v) is 10.9. The lowest BCUT2D eigenvalue weighted by Crippen LogP contribution is -2.53. The molecule has 2 aliphatic rings. The van der Waals surface area contributed by atoms with Crippen LogP contribution in [0.5, 0.6) is 0 Å². The fraction of sp³-hybridized carbons (Fsp3) is 0.636. The summed E-state index contributed by atoms with van der Waals surface area (Å²) in [6.45, 7) is 0. The van der Waals surface area contributed by atoms with E-state index in [0.717, 1.165) is 11.8 Å². The Hall–Kier alpha value is -1.77. The molecule has 1 saturated carbocycles. The van der Waals surface area contributed by atoms with Crippen LogP contribution in [-0.2, 0) is 19.2 Å². The average Bonchev–Trinajstić information content (AvgIpc) is 2.65. The van der Waals surface area contributed by atoms with Crippen LogP contribution in [0.4, 0.5) is 0 Å². The van der Waals surface area contributed by atoms with Crippen LogP contribution in [0.25, 0.3) is 0 Å². The zero-order valence-electron chi connectivity index (χ0n) is 10.1. The molecule has 2 rings (SSSR count). The third-order valence-electron chi connectivity index (χ3n) is 4.12. The minimum atomic E-state index is -1.95. The van der Waals surface area contributed by atoms with Crippen molar-refractivity contribution in [3.05, 3.63) is 0 Å². The smallest absolute Gasteiger partial charge is 0.317 e. The first kappa shape index (κ1) is 14.6. The molecule has 2 fully saturated rings. The number of hydrogen-bond donors (Lipinski definition) is 4. The van der Waals surface area contributed by atoms with Crippen molar-refractivity contribution >= 4 is 35.6 Å². The Morgan fingerprint density at radius 2 is 1.55 bits per heavy atom. The molecule has 4 N–H and O–H groups in total. The molecule has 0 amide bonds. The maximum Gasteiger partial charge on any atom is 0.317 e. The summed E-state index contributed by atoms with van der Waals surface area (Å²) >= 11 is 0.750. The van der Waals surface area contributed by atoms with E-state index in [1.165, 1.54) is 0 Å². The SMILES string of the molecule is O=C(O)C1CC(C(=O)O)C2(C(=O)O)CC1SC2C(=O)O. The summed E-state index contributed by atoms with van der Waals surface area (Å²) in [6.07, 6.45) is -0.615. The molecular weight excluding hydrogens is 292 g/mol. The van der Waals surface area contributed by atoms with Crippen LogP contribution in [0, 0.1) is 17.3 Å². The van der Waals surface area contributed by atoms with E-state index in [1.807, 2.05) is 0 Å². The summed E-state index contributed by atoms with van der Waals surface area (Å²) in [5.41, 5.74) is -1.95. The van der Waals surface area contributed by atoms with Crippen LogP contribution in [0.1, 0.15) is 12.8 Å². The predicted molar refractivity (Wildman–Crippen MR) is 64.4 cm³/mol. The molecule has 0 radical (unpaired) electrons. The van der Waals surface area contributed by atoms with E-state index in [1.54, 1.807) is 0 Å². The fourth-order valence-corrected chi connectivity index (χ4v) is 5.03. The van der Waals surface area contributed by atoms with Gasteiger partial charge in [-0.05, 0) is 12.8 Å². The van der Waals surface area contributed by atoms with Gasteiger partial charge in [0.05, 0.1) is 11.8 Å². The number of hydrogen-bond acceptors (Lipinski definition) is 5. The monoisotopic (exact) mass is 304 g/mol. The Morgan fingerprint density at radius 3 is 1.95 bits per heavy atom. The number of carboxylic acid groups (broad SMARTS) is 4. The van der Waals surface area contributed by atoms with Crippen LogP contribution in [0.3, 0.4) is 0 Å². The van der Waals surface area contributed by atoms with Gasteiger partial charge in [0.15, 0.2) is 0 Å². The second kappa shape index (κ2) is 4.65. The van der Waals surface area contributed by atoms with Crippen LogP contribution in [-0.4, -0.2) is 54.8 Å². The second-order valence-electron chi connectivity index (χ2n) is 5.01. The number of aliphatic carboxylic acids is 4. The highest BCUT2D eigenvalue weighted by Crippen LogP contribution is 2.60. The Kier molecular flexibility index (Phi) is 3.41. The number of rotatable bonds is 4. The van der Waals surface area contributed by atoms with Gasteiger partial charge in [-0.3, -0.25) is 19.2 Å². The van der Waals surface area contributed by atoms with E-state index < -0.39 is 51.6 Å². The summed E-state index contributed by atoms with van der Waals surface area (Å²) in [4.78, 5) is 45.3. The molecule has 1 aliphatic carbocycles. The predicted octanol–water partition coefficient (Wildman–Crippen LogP) is -0.179. The molecule has 20 heavy (non-hydrogen) atoms. The van der Waals surface area contributed by atoms with Crippen molar-refractivity contribution in [1.29, 1.82) is 0 Å². The van der Waals surface area contributed by atoms with E-state index in [9.17, 15) is 34.5 Å². The minimum Gasteiger partial charge on any atom is -0.481 e. The summed E-state index contributed by atoms with van der Waals surface area (Å²) in [6, 6.07) is 0. The van der Waals surface area contributed by atoms with Gasteiger partial charge >= 0.3 is 23.9 Å². The van der Waals surface area contributed by atoms with Crippen molar-refractivity contribution in [3.63, 3.8) is 0 Å². The normalized spacial score (nSPS) is 39.2. The van der Waals surface area contributed by atoms with Crippen LogP contribution in [0.2, 0.25) is 0 Å². The van der Waals surface area contributed by atoms with Gasteiger partial charge in [0.25, 0.3) is 0 Å². The maximum atomic E-state index is 11.6. The first-order chi connectivity index (χ1) is 9.21. The summed E-state index contributed by atoms with van der Waals surface area (Å²) in [7, 11) is 0. The first-order valence-corrected chi connectivity index (χ1v) is 6.73. The second-order valence-corrected chi connectivity index (χ2v) is 6.36. The molecule has 0 aromatic heterocycles. The van der Waals surface area contributed by atoms with Crippen molar-refractivity contribution in [1.82, 2.24) is 0 Å². The van der Waals surface area contributed by atoms with E-state index >= 15 is 0 Å². The molecule has 0 aromatic carbocycles. The summed E-state index contributed by atoms with van der Waals surface area (Å²) in [5, 5.41) is 34.7. The maximum absolute atomic E-state index is 11.6. The highest BCUT2D eigenvalue weighted by atomic mass is 32.2. The van der Waals surface area contributed by atoms with Crippen molar-refractivity contribution in [3.8, 4) is 0 Å². The Morgan fingerprint density at radius 1 is 0.950 bits per heavy atom. The largest absolute Gasteiger partial charge is 0.481 e. The van der Waals surface area contributed by atoms with Gasteiger partial charge in [0, 0.05) is 5.25 Å². The topological polar surface area (TPSA) is 149 Å². The molecule has 110 valence electrons. The first-order valence-electron chi connectivity index (χ1n) is 5.79. The quantitative estimate of drug-likeness (QED) is 0.554. The van der Waals surface area contributed by atoms with Crippen molar-refractivity contribution in [2.75, 3.05) is 0 Å². The summed E-state index contributed by atoms with van der Waals surface area (Å²) in [5.74, 6) is -8.16. The minimum absolute atomic E-state index is 0.252. The van der Waals surface area contributed by atoms with E-state index in [2.05, 4.69) is 0 Å². The molecule has 5 atom stereocenters. The van der Waals surface area contributed by atoms with Gasteiger partial charge < -0.3 is 20.4 Å². The molecule has 9 heteroatoms. The van der Waals surface area contributed by atoms with Crippen molar-refractivity contribution in [2.24, 2.45) is 17.3 Å². The van der Waals surface area contributed by atoms with E-state index in [-0.39, 0.29) is 12.8 Å². The highest BCUT2D eigenvalue weighted by Gasteiger charge is 2.68. The molecule has 1 heterocycles. The Balaban J connectivity index is 2.54. The van der Waals surface area contributed by atoms with Gasteiger partial charge in [-0.15, -0.1) is 11.8 Å². The molecule has 1 saturated heterocycles. The molecular formula is C11H12O8S. The molecule has 1 aliphatic heterocycles. The van der Waals surface area contributed by atoms with Crippen LogP contribution >= 0.6 is 11.8 Å². The number of fused-ring (bicyclic) bond motifs is 2. The van der Waals surface area contributed by atoms with E-state index in [4.69, 9.17) is 5.11 Å². The lowest BCUT2D eigenvalue weighted by Gasteiger charge is -2.38. The molecule has 0 aromatic rings. The average molecular weight is 304 g/mol. The van der Waals surface area contributed by atoms with Gasteiger partial charge in [-0.25, -0.2) is 0 Å². The number of thioether (sulfide) groups is 1. The van der Waals surface area contributed by atoms with Crippen LogP contribution < -0.4 is 0 Å². The third-order valence-corrected chi connectivity index (χ3v) is 5.85. The van der Waals surface area contributed by atoms with Gasteiger partial charge in [-0.1, -0.05) is 0 Å². The molecule has 2 bridgehead atoms. The van der Waals surface area contributed by atoms with Gasteiger partial charge in [0.2, 0.25) is 0 Å². The number of carbonyl (C=O) groups is 4. The van der Waals surface area contributed by atoms with E-state index in [0.29, 0.717) is 0 Å². The lowest BCUT2D eigenvalue weighted by atomic mass is 9.61. The third kappa shape index (κ3) is 1.84. The Labute approximate surface area is 116 Å². The standard InChI is InChI=1S/C11H12O8S/c12-7(13)3-1-4(8(14)15)11(10(18)19)2-5(3)20-6(11)9(16)17/h3-6H,1-2H2,(H,12,13)(H,14,15)(H,16,17)(H,18,19). The van der Waals surface area contributed by atoms with Crippen LogP contribution in [0.15, 0.2) is 0 Å². The lowest BCUT2D eigenvalue weighted by molar-refractivity contribution is -0.170. The highest BCUT2D eigenvalue weighted by molar-refractivity contribution is 8.01. The van der Waals surface area contributed by atoms with Crippen molar-refractivity contribution in [2.45, 2.75) is 23.3 Å². The molecule has 8 nitrogen and oxygen atoms in total. The molecule has 0 spiro atoms. The zero-order chi connectivity index (χ0) is 15.2. The molecule has 5 unspecified atom stereocenters. The fourth-order valence-electron chi connectivity index (χ4n) is 3.17. The van der Waals surface area contributed by atoms with Gasteiger partial charge in [-0.2, -0.15) is 0 Å². The Bertz CT molecular complexity index is 503. The summed E-state index contributed by atoms with van der Waals surface area (Å²) < 4.78 is 0. The van der Waals surface area contributed by atoms with Crippen molar-refractivity contribution < 1.29 is 39.6 Å².